The predicted molar refractivity (Wildman–Crippen MR) is 69.1 cm³/mol. The van der Waals surface area contributed by atoms with E-state index < -0.39 is 0 Å². The number of nitrogen functional groups attached to an aromatic ring is 1. The monoisotopic (exact) mass is 257 g/mol. The molecular weight excluding hydrogens is 238 g/mol. The van der Waals surface area contributed by atoms with E-state index >= 15 is 0 Å². The van der Waals surface area contributed by atoms with Gasteiger partial charge in [0, 0.05) is 25.6 Å². The normalized spacial score (nSPS) is 11.5. The highest BCUT2D eigenvalue weighted by molar-refractivity contribution is 7.13. The number of carbonyl (C=O) groups is 1. The molecule has 1 amide bonds. The van der Waals surface area contributed by atoms with Crippen molar-refractivity contribution in [1.82, 2.24) is 10.3 Å². The Hall–Kier alpha value is -1.14. The zero-order valence-corrected chi connectivity index (χ0v) is 11.3. The first kappa shape index (κ1) is 13.9. The molecule has 0 aliphatic rings. The number of ether oxygens (including phenoxy) is 1. The smallest absolute Gasteiger partial charge is 0.270 e. The van der Waals surface area contributed by atoms with Crippen LogP contribution in [0.15, 0.2) is 5.38 Å². The van der Waals surface area contributed by atoms with Gasteiger partial charge in [0.25, 0.3) is 5.91 Å². The predicted octanol–water partition coefficient (Wildman–Crippen LogP) is 1.52. The number of anilines is 1. The lowest BCUT2D eigenvalue weighted by Crippen LogP contribution is -2.34. The number of methoxy groups -OCH3 is 1. The third-order valence-corrected chi connectivity index (χ3v) is 3.14. The summed E-state index contributed by atoms with van der Waals surface area (Å²) in [4.78, 5) is 15.7. The van der Waals surface area contributed by atoms with Crippen LogP contribution < -0.4 is 11.1 Å². The molecule has 0 bridgehead atoms. The molecule has 96 valence electrons. The molecule has 0 unspecified atom stereocenters. The average molecular weight is 257 g/mol. The van der Waals surface area contributed by atoms with Gasteiger partial charge >= 0.3 is 0 Å². The third kappa shape index (κ3) is 4.70. The lowest BCUT2D eigenvalue weighted by Gasteiger charge is -2.24. The zero-order chi connectivity index (χ0) is 12.9. The van der Waals surface area contributed by atoms with Crippen molar-refractivity contribution >= 4 is 22.4 Å². The molecule has 1 aromatic heterocycles. The number of nitrogens with one attached hydrogen (secondary N) is 1. The number of carbonyl (C=O) groups excluding carboxylic acids is 1. The van der Waals surface area contributed by atoms with Crippen molar-refractivity contribution in [2.24, 2.45) is 5.41 Å². The second-order valence-corrected chi connectivity index (χ2v) is 5.55. The second-order valence-electron chi connectivity index (χ2n) is 4.66. The van der Waals surface area contributed by atoms with Crippen molar-refractivity contribution in [2.75, 3.05) is 26.0 Å². The fourth-order valence-electron chi connectivity index (χ4n) is 1.27. The van der Waals surface area contributed by atoms with Crippen molar-refractivity contribution in [2.45, 2.75) is 20.3 Å². The molecule has 0 atom stereocenters. The fraction of sp³-hybridized carbons (Fsp3) is 0.636. The molecule has 0 fully saturated rings. The van der Waals surface area contributed by atoms with Crippen molar-refractivity contribution < 1.29 is 9.53 Å². The molecule has 0 aliphatic heterocycles. The van der Waals surface area contributed by atoms with Crippen LogP contribution in [0.5, 0.6) is 0 Å². The first-order valence-corrected chi connectivity index (χ1v) is 6.31. The van der Waals surface area contributed by atoms with Gasteiger partial charge < -0.3 is 15.8 Å². The standard InChI is InChI=1S/C11H19N3O2S/c1-11(2,4-5-16-3)7-13-9(15)8-6-17-10(12)14-8/h6H,4-5,7H2,1-3H3,(H2,12,14)(H,13,15). The molecule has 0 aliphatic carbocycles. The second kappa shape index (κ2) is 5.97. The van der Waals surface area contributed by atoms with Crippen LogP contribution in [0.25, 0.3) is 0 Å². The minimum atomic E-state index is -0.177. The van der Waals surface area contributed by atoms with Crippen molar-refractivity contribution in [3.05, 3.63) is 11.1 Å². The SMILES string of the molecule is COCCC(C)(C)CNC(=O)c1csc(N)n1. The number of aromatic nitrogens is 1. The van der Waals surface area contributed by atoms with Crippen LogP contribution in [0.3, 0.4) is 0 Å². The van der Waals surface area contributed by atoms with Gasteiger partial charge in [-0.3, -0.25) is 4.79 Å². The highest BCUT2D eigenvalue weighted by atomic mass is 32.1. The van der Waals surface area contributed by atoms with E-state index in [2.05, 4.69) is 24.1 Å². The van der Waals surface area contributed by atoms with Crippen LogP contribution in [0.4, 0.5) is 5.13 Å². The number of hydrogen-bond acceptors (Lipinski definition) is 5. The Morgan fingerprint density at radius 1 is 1.65 bits per heavy atom. The van der Waals surface area contributed by atoms with Crippen LogP contribution in [-0.2, 0) is 4.74 Å². The molecule has 0 saturated carbocycles. The van der Waals surface area contributed by atoms with Gasteiger partial charge in [0.05, 0.1) is 0 Å². The lowest BCUT2D eigenvalue weighted by atomic mass is 9.90. The quantitative estimate of drug-likeness (QED) is 0.810. The first-order valence-electron chi connectivity index (χ1n) is 5.43. The lowest BCUT2D eigenvalue weighted by molar-refractivity contribution is 0.0917. The summed E-state index contributed by atoms with van der Waals surface area (Å²) < 4.78 is 5.03. The van der Waals surface area contributed by atoms with Gasteiger partial charge in [-0.05, 0) is 11.8 Å². The van der Waals surface area contributed by atoms with E-state index in [1.165, 1.54) is 11.3 Å². The van der Waals surface area contributed by atoms with Crippen molar-refractivity contribution in [3.8, 4) is 0 Å². The Bertz CT molecular complexity index is 377. The van der Waals surface area contributed by atoms with E-state index in [4.69, 9.17) is 10.5 Å². The highest BCUT2D eigenvalue weighted by Crippen LogP contribution is 2.19. The summed E-state index contributed by atoms with van der Waals surface area (Å²) in [5, 5.41) is 4.93. The molecule has 17 heavy (non-hydrogen) atoms. The Balaban J connectivity index is 2.42. The Morgan fingerprint density at radius 3 is 2.88 bits per heavy atom. The van der Waals surface area contributed by atoms with Gasteiger partial charge in [0.15, 0.2) is 5.13 Å². The van der Waals surface area contributed by atoms with E-state index in [9.17, 15) is 4.79 Å². The number of hydrogen-bond donors (Lipinski definition) is 2. The number of amides is 1. The van der Waals surface area contributed by atoms with Gasteiger partial charge in [-0.1, -0.05) is 13.8 Å². The van der Waals surface area contributed by atoms with E-state index in [1.807, 2.05) is 0 Å². The van der Waals surface area contributed by atoms with E-state index in [-0.39, 0.29) is 11.3 Å². The topological polar surface area (TPSA) is 77.2 Å². The van der Waals surface area contributed by atoms with Crippen LogP contribution in [0, 0.1) is 5.41 Å². The summed E-state index contributed by atoms with van der Waals surface area (Å²) in [7, 11) is 1.67. The third-order valence-electron chi connectivity index (χ3n) is 2.47. The summed E-state index contributed by atoms with van der Waals surface area (Å²) in [6.07, 6.45) is 0.892. The minimum absolute atomic E-state index is 0.00718. The molecule has 0 saturated heterocycles. The maximum atomic E-state index is 11.7. The Kier molecular flexibility index (Phi) is 4.89. The fourth-order valence-corrected chi connectivity index (χ4v) is 1.81. The van der Waals surface area contributed by atoms with Crippen LogP contribution in [0.1, 0.15) is 30.8 Å². The Labute approximate surface area is 105 Å². The molecule has 3 N–H and O–H groups in total. The van der Waals surface area contributed by atoms with Gasteiger partial charge in [0.2, 0.25) is 0 Å². The van der Waals surface area contributed by atoms with E-state index in [0.717, 1.165) is 6.42 Å². The summed E-state index contributed by atoms with van der Waals surface area (Å²) in [5.74, 6) is -0.177. The summed E-state index contributed by atoms with van der Waals surface area (Å²) in [5.41, 5.74) is 5.87. The van der Waals surface area contributed by atoms with Crippen LogP contribution >= 0.6 is 11.3 Å². The summed E-state index contributed by atoms with van der Waals surface area (Å²) >= 11 is 1.27. The largest absolute Gasteiger partial charge is 0.385 e. The number of rotatable bonds is 6. The number of thiazole rings is 1. The molecule has 0 radical (unpaired) electrons. The number of nitrogens with zero attached hydrogens (tertiary/aromatic N) is 1. The molecule has 0 aromatic carbocycles. The van der Waals surface area contributed by atoms with Gasteiger partial charge in [0.1, 0.15) is 5.69 Å². The molecular formula is C11H19N3O2S. The zero-order valence-electron chi connectivity index (χ0n) is 10.4. The van der Waals surface area contributed by atoms with Gasteiger partial charge in [-0.25, -0.2) is 4.98 Å². The highest BCUT2D eigenvalue weighted by Gasteiger charge is 2.19. The van der Waals surface area contributed by atoms with Gasteiger partial charge in [-0.15, -0.1) is 11.3 Å². The minimum Gasteiger partial charge on any atom is -0.385 e. The van der Waals surface area contributed by atoms with Gasteiger partial charge in [-0.2, -0.15) is 0 Å². The van der Waals surface area contributed by atoms with E-state index in [0.29, 0.717) is 24.0 Å². The van der Waals surface area contributed by atoms with E-state index in [1.54, 1.807) is 12.5 Å². The first-order chi connectivity index (χ1) is 7.94. The van der Waals surface area contributed by atoms with Crippen molar-refractivity contribution in [3.63, 3.8) is 0 Å². The molecule has 5 nitrogen and oxygen atoms in total. The Morgan fingerprint density at radius 2 is 2.35 bits per heavy atom. The van der Waals surface area contributed by atoms with Crippen LogP contribution in [0.2, 0.25) is 0 Å². The summed E-state index contributed by atoms with van der Waals surface area (Å²) in [6.45, 7) is 5.45. The molecule has 6 heteroatoms. The molecule has 1 rings (SSSR count). The van der Waals surface area contributed by atoms with Crippen LogP contribution in [-0.4, -0.2) is 31.2 Å². The number of nitrogens with two attached hydrogens (primary N) is 1. The molecule has 1 aromatic rings. The maximum Gasteiger partial charge on any atom is 0.270 e. The molecule has 1 heterocycles. The van der Waals surface area contributed by atoms with Crippen molar-refractivity contribution in [1.29, 1.82) is 0 Å². The molecule has 0 spiro atoms. The average Bonchev–Trinajstić information content (AvgIpc) is 2.70. The maximum absolute atomic E-state index is 11.7. The summed E-state index contributed by atoms with van der Waals surface area (Å²) in [6, 6.07) is 0.